The molecular weight excluding hydrogens is 268 g/mol. The Hall–Kier alpha value is -1.29. The Morgan fingerprint density at radius 1 is 1.30 bits per heavy atom. The minimum atomic E-state index is 0.448. The minimum absolute atomic E-state index is 0.448. The molecule has 1 unspecified atom stereocenters. The van der Waals surface area contributed by atoms with Crippen molar-refractivity contribution in [2.75, 3.05) is 7.11 Å². The van der Waals surface area contributed by atoms with Crippen LogP contribution in [0.2, 0.25) is 0 Å². The molecule has 1 aliphatic rings. The number of methoxy groups -OCH3 is 1. The fourth-order valence-corrected chi connectivity index (χ4v) is 3.89. The molecule has 0 saturated heterocycles. The third-order valence-electron chi connectivity index (χ3n) is 4.67. The summed E-state index contributed by atoms with van der Waals surface area (Å²) in [6.07, 6.45) is 6.73. The van der Waals surface area contributed by atoms with E-state index in [9.17, 15) is 0 Å². The Morgan fingerprint density at radius 3 is 2.75 bits per heavy atom. The molecule has 0 amide bonds. The molecule has 1 atom stereocenters. The second-order valence-electron chi connectivity index (χ2n) is 5.79. The lowest BCUT2D eigenvalue weighted by atomic mass is 9.84. The van der Waals surface area contributed by atoms with Crippen molar-refractivity contribution in [2.45, 2.75) is 45.1 Å². The molecule has 1 N–H and O–H groups in total. The fraction of sp³-hybridized carbons (Fsp3) is 0.562. The summed E-state index contributed by atoms with van der Waals surface area (Å²) < 4.78 is 8.52. The fourth-order valence-electron chi connectivity index (χ4n) is 3.52. The number of fused-ring (bicyclic) bond motifs is 1. The van der Waals surface area contributed by atoms with E-state index < -0.39 is 0 Å². The van der Waals surface area contributed by atoms with Crippen LogP contribution in [0.5, 0.6) is 5.75 Å². The molecular formula is C16H22N2OS. The van der Waals surface area contributed by atoms with Gasteiger partial charge in [0, 0.05) is 6.04 Å². The predicted molar refractivity (Wildman–Crippen MR) is 85.0 cm³/mol. The standard InChI is InChI=1S/C16H22N2OS/c1-11(12-7-4-3-5-8-12)18-13-9-6-10-14(19-2)15(13)17-16(18)20/h6,9-12H,3-5,7-8H2,1-2H3,(H,17,20). The first-order valence-electron chi connectivity index (χ1n) is 7.49. The molecule has 1 saturated carbocycles. The SMILES string of the molecule is COc1cccc2c1[nH]c(=S)n2C(C)C1CCCCC1. The van der Waals surface area contributed by atoms with Crippen molar-refractivity contribution in [1.29, 1.82) is 0 Å². The number of nitrogens with one attached hydrogen (secondary N) is 1. The summed E-state index contributed by atoms with van der Waals surface area (Å²) in [7, 11) is 1.70. The van der Waals surface area contributed by atoms with Crippen LogP contribution in [-0.2, 0) is 0 Å². The Bertz CT molecular complexity index is 652. The third kappa shape index (κ3) is 2.26. The molecule has 0 bridgehead atoms. The number of imidazole rings is 1. The van der Waals surface area contributed by atoms with E-state index in [1.165, 1.54) is 32.1 Å². The van der Waals surface area contributed by atoms with Gasteiger partial charge in [-0.2, -0.15) is 0 Å². The molecule has 3 nitrogen and oxygen atoms in total. The van der Waals surface area contributed by atoms with E-state index in [0.29, 0.717) is 6.04 Å². The number of nitrogens with zero attached hydrogens (tertiary/aromatic N) is 1. The number of para-hydroxylation sites is 1. The molecule has 0 spiro atoms. The van der Waals surface area contributed by atoms with Gasteiger partial charge in [-0.3, -0.25) is 0 Å². The van der Waals surface area contributed by atoms with Gasteiger partial charge in [-0.1, -0.05) is 25.3 Å². The van der Waals surface area contributed by atoms with Gasteiger partial charge in [0.2, 0.25) is 0 Å². The topological polar surface area (TPSA) is 29.9 Å². The lowest BCUT2D eigenvalue weighted by molar-refractivity contribution is 0.266. The molecule has 108 valence electrons. The van der Waals surface area contributed by atoms with E-state index in [-0.39, 0.29) is 0 Å². The second kappa shape index (κ2) is 5.60. The molecule has 3 rings (SSSR count). The van der Waals surface area contributed by atoms with Crippen molar-refractivity contribution >= 4 is 23.3 Å². The summed E-state index contributed by atoms with van der Waals surface area (Å²) in [5, 5.41) is 0. The van der Waals surface area contributed by atoms with Gasteiger partial charge >= 0.3 is 0 Å². The Morgan fingerprint density at radius 2 is 2.05 bits per heavy atom. The molecule has 1 aliphatic carbocycles. The number of hydrogen-bond acceptors (Lipinski definition) is 2. The minimum Gasteiger partial charge on any atom is -0.494 e. The summed E-state index contributed by atoms with van der Waals surface area (Å²) in [5.41, 5.74) is 2.18. The van der Waals surface area contributed by atoms with Gasteiger partial charge in [-0.25, -0.2) is 0 Å². The summed E-state index contributed by atoms with van der Waals surface area (Å²) in [4.78, 5) is 3.32. The van der Waals surface area contributed by atoms with Crippen LogP contribution in [0.25, 0.3) is 11.0 Å². The zero-order valence-corrected chi connectivity index (χ0v) is 13.0. The molecule has 1 fully saturated rings. The van der Waals surface area contributed by atoms with E-state index in [1.807, 2.05) is 12.1 Å². The molecule has 1 heterocycles. The van der Waals surface area contributed by atoms with Gasteiger partial charge in [0.1, 0.15) is 11.3 Å². The highest BCUT2D eigenvalue weighted by atomic mass is 32.1. The average Bonchev–Trinajstić information content (AvgIpc) is 2.83. The first-order chi connectivity index (χ1) is 9.72. The van der Waals surface area contributed by atoms with Gasteiger partial charge in [0.05, 0.1) is 12.6 Å². The maximum Gasteiger partial charge on any atom is 0.178 e. The van der Waals surface area contributed by atoms with Crippen molar-refractivity contribution in [2.24, 2.45) is 5.92 Å². The number of H-pyrrole nitrogens is 1. The van der Waals surface area contributed by atoms with Gasteiger partial charge in [0.25, 0.3) is 0 Å². The smallest absolute Gasteiger partial charge is 0.178 e. The normalized spacial score (nSPS) is 18.3. The van der Waals surface area contributed by atoms with Crippen LogP contribution in [0.4, 0.5) is 0 Å². The highest BCUT2D eigenvalue weighted by molar-refractivity contribution is 7.71. The maximum absolute atomic E-state index is 5.56. The van der Waals surface area contributed by atoms with Crippen molar-refractivity contribution in [3.63, 3.8) is 0 Å². The first kappa shape index (κ1) is 13.7. The molecule has 1 aromatic heterocycles. The van der Waals surface area contributed by atoms with Crippen molar-refractivity contribution in [1.82, 2.24) is 9.55 Å². The van der Waals surface area contributed by atoms with Crippen molar-refractivity contribution in [3.8, 4) is 5.75 Å². The van der Waals surface area contributed by atoms with E-state index in [4.69, 9.17) is 17.0 Å². The predicted octanol–water partition coefficient (Wildman–Crippen LogP) is 4.85. The average molecular weight is 290 g/mol. The summed E-state index contributed by atoms with van der Waals surface area (Å²) in [6.45, 7) is 2.30. The van der Waals surface area contributed by atoms with E-state index in [0.717, 1.165) is 27.5 Å². The Labute approximate surface area is 125 Å². The molecule has 2 aromatic rings. The van der Waals surface area contributed by atoms with Gasteiger partial charge < -0.3 is 14.3 Å². The molecule has 20 heavy (non-hydrogen) atoms. The van der Waals surface area contributed by atoms with Crippen LogP contribution in [0.1, 0.15) is 45.1 Å². The van der Waals surface area contributed by atoms with Gasteiger partial charge in [-0.05, 0) is 50.0 Å². The second-order valence-corrected chi connectivity index (χ2v) is 6.18. The quantitative estimate of drug-likeness (QED) is 0.819. The lowest BCUT2D eigenvalue weighted by Crippen LogP contribution is -2.19. The summed E-state index contributed by atoms with van der Waals surface area (Å²) >= 11 is 5.56. The number of benzene rings is 1. The largest absolute Gasteiger partial charge is 0.494 e. The molecule has 1 aromatic carbocycles. The first-order valence-corrected chi connectivity index (χ1v) is 7.90. The number of rotatable bonds is 3. The lowest BCUT2D eigenvalue weighted by Gasteiger charge is -2.29. The van der Waals surface area contributed by atoms with Crippen LogP contribution >= 0.6 is 12.2 Å². The number of hydrogen-bond donors (Lipinski definition) is 1. The van der Waals surface area contributed by atoms with Gasteiger partial charge in [-0.15, -0.1) is 0 Å². The molecule has 0 aliphatic heterocycles. The number of aromatic amines is 1. The van der Waals surface area contributed by atoms with Crippen molar-refractivity contribution < 1.29 is 4.74 Å². The van der Waals surface area contributed by atoms with E-state index in [2.05, 4.69) is 22.5 Å². The Kier molecular flexibility index (Phi) is 3.83. The van der Waals surface area contributed by atoms with Crippen LogP contribution in [-0.4, -0.2) is 16.7 Å². The van der Waals surface area contributed by atoms with Gasteiger partial charge in [0.15, 0.2) is 4.77 Å². The Balaban J connectivity index is 2.06. The third-order valence-corrected chi connectivity index (χ3v) is 4.97. The van der Waals surface area contributed by atoms with E-state index >= 15 is 0 Å². The van der Waals surface area contributed by atoms with Crippen LogP contribution < -0.4 is 4.74 Å². The van der Waals surface area contributed by atoms with Crippen LogP contribution in [0, 0.1) is 10.7 Å². The monoisotopic (exact) mass is 290 g/mol. The summed E-state index contributed by atoms with van der Waals surface area (Å²) in [5.74, 6) is 1.60. The highest BCUT2D eigenvalue weighted by Gasteiger charge is 2.23. The van der Waals surface area contributed by atoms with E-state index in [1.54, 1.807) is 7.11 Å². The zero-order chi connectivity index (χ0) is 14.1. The van der Waals surface area contributed by atoms with Crippen molar-refractivity contribution in [3.05, 3.63) is 23.0 Å². The zero-order valence-electron chi connectivity index (χ0n) is 12.2. The maximum atomic E-state index is 5.56. The summed E-state index contributed by atoms with van der Waals surface area (Å²) in [6, 6.07) is 6.59. The molecule has 0 radical (unpaired) electrons. The van der Waals surface area contributed by atoms with Crippen LogP contribution in [0.15, 0.2) is 18.2 Å². The molecule has 4 heteroatoms. The number of aromatic nitrogens is 2. The highest BCUT2D eigenvalue weighted by Crippen LogP contribution is 2.35. The van der Waals surface area contributed by atoms with Crippen LogP contribution in [0.3, 0.4) is 0 Å². The number of ether oxygens (including phenoxy) is 1.